The third-order valence-corrected chi connectivity index (χ3v) is 3.78. The van der Waals surface area contributed by atoms with E-state index in [0.717, 1.165) is 49.7 Å². The van der Waals surface area contributed by atoms with Gasteiger partial charge in [0.05, 0.1) is 30.9 Å². The molecule has 0 aromatic heterocycles. The summed E-state index contributed by atoms with van der Waals surface area (Å²) >= 11 is 3.45. The van der Waals surface area contributed by atoms with Crippen LogP contribution in [0.2, 0.25) is 0 Å². The van der Waals surface area contributed by atoms with Gasteiger partial charge in [-0.25, -0.2) is 0 Å². The Kier molecular flexibility index (Phi) is 6.64. The van der Waals surface area contributed by atoms with Crippen molar-refractivity contribution >= 4 is 15.9 Å². The van der Waals surface area contributed by atoms with Gasteiger partial charge in [-0.3, -0.25) is 0 Å². The lowest BCUT2D eigenvalue weighted by molar-refractivity contribution is -0.908. The Balaban J connectivity index is 1.51. The first-order valence-electron chi connectivity index (χ1n) is 6.72. The largest absolute Gasteiger partial charge is 0.490 e. The number of halogens is 1. The Hall–Kier alpha value is -0.620. The second kappa shape index (κ2) is 8.53. The fraction of sp³-hybridized carbons (Fsp3) is 0.571. The van der Waals surface area contributed by atoms with Crippen LogP contribution in [0, 0.1) is 0 Å². The van der Waals surface area contributed by atoms with E-state index in [0.29, 0.717) is 13.2 Å². The zero-order chi connectivity index (χ0) is 13.3. The highest BCUT2D eigenvalue weighted by atomic mass is 79.9. The number of ether oxygens (including phenoxy) is 3. The molecule has 1 aliphatic heterocycles. The molecule has 0 saturated carbocycles. The standard InChI is InChI=1S/C14H20BrNO3/c15-13-3-1-2-4-14(13)19-12-11-18-10-7-16-5-8-17-9-6-16/h1-4H,5-12H2/p+1. The van der Waals surface area contributed by atoms with Crippen LogP contribution in [-0.2, 0) is 9.47 Å². The van der Waals surface area contributed by atoms with Crippen molar-refractivity contribution < 1.29 is 19.1 Å². The van der Waals surface area contributed by atoms with E-state index in [-0.39, 0.29) is 0 Å². The predicted octanol–water partition coefficient (Wildman–Crippen LogP) is 0.760. The fourth-order valence-corrected chi connectivity index (χ4v) is 2.40. The Morgan fingerprint density at radius 1 is 1.11 bits per heavy atom. The van der Waals surface area contributed by atoms with Crippen LogP contribution >= 0.6 is 15.9 Å². The molecule has 106 valence electrons. The molecule has 4 nitrogen and oxygen atoms in total. The average Bonchev–Trinajstić information content (AvgIpc) is 2.45. The molecule has 2 rings (SSSR count). The van der Waals surface area contributed by atoms with E-state index in [1.54, 1.807) is 4.90 Å². The van der Waals surface area contributed by atoms with E-state index >= 15 is 0 Å². The van der Waals surface area contributed by atoms with Gasteiger partial charge in [0, 0.05) is 0 Å². The van der Waals surface area contributed by atoms with Crippen molar-refractivity contribution in [3.63, 3.8) is 0 Å². The van der Waals surface area contributed by atoms with Gasteiger partial charge in [-0.1, -0.05) is 12.1 Å². The van der Waals surface area contributed by atoms with E-state index in [1.165, 1.54) is 0 Å². The predicted molar refractivity (Wildman–Crippen MR) is 76.8 cm³/mol. The molecule has 1 heterocycles. The molecule has 5 heteroatoms. The molecule has 0 atom stereocenters. The Bertz CT molecular complexity index is 369. The first-order valence-corrected chi connectivity index (χ1v) is 7.52. The number of morpholine rings is 1. The summed E-state index contributed by atoms with van der Waals surface area (Å²) in [4.78, 5) is 1.57. The molecule has 0 spiro atoms. The number of para-hydroxylation sites is 1. The molecular formula is C14H21BrNO3+. The highest BCUT2D eigenvalue weighted by Gasteiger charge is 2.12. The molecule has 0 bridgehead atoms. The van der Waals surface area contributed by atoms with Crippen LogP contribution in [0.25, 0.3) is 0 Å². The summed E-state index contributed by atoms with van der Waals surface area (Å²) in [5.74, 6) is 0.866. The van der Waals surface area contributed by atoms with E-state index in [1.807, 2.05) is 24.3 Å². The van der Waals surface area contributed by atoms with Gasteiger partial charge in [-0.05, 0) is 28.1 Å². The lowest BCUT2D eigenvalue weighted by Crippen LogP contribution is -3.14. The summed E-state index contributed by atoms with van der Waals surface area (Å²) in [5, 5.41) is 0. The van der Waals surface area contributed by atoms with Crippen LogP contribution < -0.4 is 9.64 Å². The van der Waals surface area contributed by atoms with Crippen LogP contribution in [0.5, 0.6) is 5.75 Å². The Morgan fingerprint density at radius 3 is 2.68 bits per heavy atom. The summed E-state index contributed by atoms with van der Waals surface area (Å²) in [6.45, 7) is 6.99. The molecule has 1 aromatic rings. The van der Waals surface area contributed by atoms with Crippen molar-refractivity contribution in [3.05, 3.63) is 28.7 Å². The van der Waals surface area contributed by atoms with Crippen molar-refractivity contribution in [2.75, 3.05) is 52.7 Å². The monoisotopic (exact) mass is 330 g/mol. The van der Waals surface area contributed by atoms with Gasteiger partial charge in [0.15, 0.2) is 0 Å². The van der Waals surface area contributed by atoms with Crippen LogP contribution in [0.1, 0.15) is 0 Å². The molecule has 0 unspecified atom stereocenters. The minimum atomic E-state index is 0.584. The molecule has 1 fully saturated rings. The zero-order valence-corrected chi connectivity index (χ0v) is 12.7. The van der Waals surface area contributed by atoms with Crippen molar-refractivity contribution in [1.29, 1.82) is 0 Å². The zero-order valence-electron chi connectivity index (χ0n) is 11.1. The molecule has 1 N–H and O–H groups in total. The minimum absolute atomic E-state index is 0.584. The molecule has 1 aliphatic rings. The van der Waals surface area contributed by atoms with Gasteiger partial charge in [0.1, 0.15) is 32.0 Å². The van der Waals surface area contributed by atoms with Crippen molar-refractivity contribution in [1.82, 2.24) is 0 Å². The maximum Gasteiger partial charge on any atom is 0.133 e. The molecular weight excluding hydrogens is 310 g/mol. The fourth-order valence-electron chi connectivity index (χ4n) is 2.00. The minimum Gasteiger partial charge on any atom is -0.490 e. The first-order chi connectivity index (χ1) is 9.36. The van der Waals surface area contributed by atoms with E-state index in [4.69, 9.17) is 14.2 Å². The van der Waals surface area contributed by atoms with Crippen LogP contribution in [-0.4, -0.2) is 52.7 Å². The average molecular weight is 331 g/mol. The topological polar surface area (TPSA) is 32.1 Å². The summed E-state index contributed by atoms with van der Waals surface area (Å²) in [5.41, 5.74) is 0. The SMILES string of the molecule is Brc1ccccc1OCCOCC[NH+]1CCOCC1. The summed E-state index contributed by atoms with van der Waals surface area (Å²) < 4.78 is 17.5. The summed E-state index contributed by atoms with van der Waals surface area (Å²) in [6, 6.07) is 7.85. The third-order valence-electron chi connectivity index (χ3n) is 3.12. The molecule has 0 aliphatic carbocycles. The Morgan fingerprint density at radius 2 is 1.89 bits per heavy atom. The highest BCUT2D eigenvalue weighted by Crippen LogP contribution is 2.23. The lowest BCUT2D eigenvalue weighted by atomic mass is 10.3. The molecule has 1 saturated heterocycles. The van der Waals surface area contributed by atoms with Crippen LogP contribution in [0.3, 0.4) is 0 Å². The van der Waals surface area contributed by atoms with E-state index in [2.05, 4.69) is 15.9 Å². The quantitative estimate of drug-likeness (QED) is 0.749. The van der Waals surface area contributed by atoms with Gasteiger partial charge >= 0.3 is 0 Å². The van der Waals surface area contributed by atoms with Crippen molar-refractivity contribution in [2.45, 2.75) is 0 Å². The summed E-state index contributed by atoms with van der Waals surface area (Å²) in [6.07, 6.45) is 0. The number of hydrogen-bond acceptors (Lipinski definition) is 3. The number of quaternary nitrogens is 1. The molecule has 19 heavy (non-hydrogen) atoms. The number of benzene rings is 1. The third kappa shape index (κ3) is 5.48. The maximum absolute atomic E-state index is 5.63. The van der Waals surface area contributed by atoms with Gasteiger partial charge < -0.3 is 19.1 Å². The van der Waals surface area contributed by atoms with Gasteiger partial charge in [-0.15, -0.1) is 0 Å². The van der Waals surface area contributed by atoms with Crippen molar-refractivity contribution in [2.24, 2.45) is 0 Å². The van der Waals surface area contributed by atoms with Crippen molar-refractivity contribution in [3.8, 4) is 5.75 Å². The maximum atomic E-state index is 5.63. The van der Waals surface area contributed by atoms with Gasteiger partial charge in [0.25, 0.3) is 0 Å². The van der Waals surface area contributed by atoms with E-state index < -0.39 is 0 Å². The van der Waals surface area contributed by atoms with Crippen LogP contribution in [0.15, 0.2) is 28.7 Å². The number of nitrogens with one attached hydrogen (secondary N) is 1. The second-order valence-electron chi connectivity index (χ2n) is 4.50. The second-order valence-corrected chi connectivity index (χ2v) is 5.36. The number of rotatable bonds is 7. The van der Waals surface area contributed by atoms with Crippen LogP contribution in [0.4, 0.5) is 0 Å². The number of hydrogen-bond donors (Lipinski definition) is 1. The molecule has 0 radical (unpaired) electrons. The normalized spacial score (nSPS) is 16.5. The molecule has 1 aromatic carbocycles. The first kappa shape index (κ1) is 14.8. The smallest absolute Gasteiger partial charge is 0.133 e. The lowest BCUT2D eigenvalue weighted by Gasteiger charge is -2.23. The van der Waals surface area contributed by atoms with Gasteiger partial charge in [0.2, 0.25) is 0 Å². The molecule has 0 amide bonds. The highest BCUT2D eigenvalue weighted by molar-refractivity contribution is 9.10. The summed E-state index contributed by atoms with van der Waals surface area (Å²) in [7, 11) is 0. The van der Waals surface area contributed by atoms with E-state index in [9.17, 15) is 0 Å². The van der Waals surface area contributed by atoms with Gasteiger partial charge in [-0.2, -0.15) is 0 Å². The Labute approximate surface area is 122 Å².